The molecule has 0 aliphatic carbocycles. The molecule has 3 nitrogen and oxygen atoms in total. The lowest BCUT2D eigenvalue weighted by Crippen LogP contribution is -2.46. The number of hydrogen-bond acceptors (Lipinski definition) is 2. The zero-order chi connectivity index (χ0) is 14.0. The first-order valence-electron chi connectivity index (χ1n) is 6.80. The maximum Gasteiger partial charge on any atom is 0.223 e. The van der Waals surface area contributed by atoms with Gasteiger partial charge in [0.25, 0.3) is 0 Å². The van der Waals surface area contributed by atoms with E-state index in [0.717, 1.165) is 6.42 Å². The lowest BCUT2D eigenvalue weighted by Gasteiger charge is -2.30. The molecule has 0 radical (unpaired) electrons. The van der Waals surface area contributed by atoms with E-state index >= 15 is 0 Å². The molecule has 0 N–H and O–H groups in total. The molecule has 2 rings (SSSR count). The number of nitrogens with zero attached hydrogens (tertiary/aromatic N) is 1. The molecule has 19 heavy (non-hydrogen) atoms. The summed E-state index contributed by atoms with van der Waals surface area (Å²) in [5.74, 6) is 0.244. The van der Waals surface area contributed by atoms with Crippen LogP contribution in [0.2, 0.25) is 0 Å². The van der Waals surface area contributed by atoms with Crippen LogP contribution in [0.1, 0.15) is 37.8 Å². The molecule has 1 aromatic rings. The number of aryl methyl sites for hydroxylation is 2. The monoisotopic (exact) mass is 259 g/mol. The van der Waals surface area contributed by atoms with E-state index in [-0.39, 0.29) is 11.7 Å². The van der Waals surface area contributed by atoms with Crippen LogP contribution in [0.3, 0.4) is 0 Å². The van der Waals surface area contributed by atoms with E-state index in [1.54, 1.807) is 4.90 Å². The van der Waals surface area contributed by atoms with Gasteiger partial charge in [0.15, 0.2) is 5.78 Å². The van der Waals surface area contributed by atoms with E-state index in [4.69, 9.17) is 0 Å². The van der Waals surface area contributed by atoms with E-state index in [2.05, 4.69) is 6.07 Å². The van der Waals surface area contributed by atoms with Crippen molar-refractivity contribution in [2.45, 2.75) is 45.6 Å². The molecule has 1 fully saturated rings. The Hall–Kier alpha value is -1.64. The number of benzene rings is 1. The Balaban J connectivity index is 1.97. The molecular weight excluding hydrogens is 238 g/mol. The summed E-state index contributed by atoms with van der Waals surface area (Å²) in [6.45, 7) is 6.30. The quantitative estimate of drug-likeness (QED) is 0.836. The number of Topliss-reactive ketones (excluding diaryl/α,β-unsaturated/α-hetero) is 1. The predicted molar refractivity (Wildman–Crippen MR) is 74.9 cm³/mol. The van der Waals surface area contributed by atoms with Gasteiger partial charge < -0.3 is 4.90 Å². The SMILES string of the molecule is Cc1cccc(CCC(=O)N2CCC(=O)C2(C)C)c1. The molecule has 1 aromatic carbocycles. The first-order chi connectivity index (χ1) is 8.91. The van der Waals surface area contributed by atoms with Crippen molar-refractivity contribution in [1.29, 1.82) is 0 Å². The molecule has 0 unspecified atom stereocenters. The fraction of sp³-hybridized carbons (Fsp3) is 0.500. The zero-order valence-electron chi connectivity index (χ0n) is 11.9. The highest BCUT2D eigenvalue weighted by atomic mass is 16.2. The summed E-state index contributed by atoms with van der Waals surface area (Å²) in [6, 6.07) is 8.21. The van der Waals surface area contributed by atoms with Crippen molar-refractivity contribution < 1.29 is 9.59 Å². The lowest BCUT2D eigenvalue weighted by molar-refractivity contribution is -0.138. The van der Waals surface area contributed by atoms with Gasteiger partial charge in [-0.05, 0) is 32.8 Å². The van der Waals surface area contributed by atoms with Gasteiger partial charge >= 0.3 is 0 Å². The molecule has 0 aromatic heterocycles. The van der Waals surface area contributed by atoms with Gasteiger partial charge in [-0.25, -0.2) is 0 Å². The van der Waals surface area contributed by atoms with Crippen LogP contribution < -0.4 is 0 Å². The van der Waals surface area contributed by atoms with Gasteiger partial charge in [0.05, 0.1) is 5.54 Å². The molecule has 1 aliphatic heterocycles. The highest BCUT2D eigenvalue weighted by molar-refractivity contribution is 5.95. The summed E-state index contributed by atoms with van der Waals surface area (Å²) in [4.78, 5) is 25.7. The van der Waals surface area contributed by atoms with Gasteiger partial charge in [-0.2, -0.15) is 0 Å². The topological polar surface area (TPSA) is 37.4 Å². The Kier molecular flexibility index (Phi) is 3.74. The molecule has 1 heterocycles. The van der Waals surface area contributed by atoms with Crippen LogP contribution in [0.15, 0.2) is 24.3 Å². The lowest BCUT2D eigenvalue weighted by atomic mass is 9.99. The third-order valence-electron chi connectivity index (χ3n) is 3.93. The fourth-order valence-electron chi connectivity index (χ4n) is 2.64. The van der Waals surface area contributed by atoms with Crippen LogP contribution in [-0.2, 0) is 16.0 Å². The molecule has 3 heteroatoms. The first kappa shape index (κ1) is 13.8. The Morgan fingerprint density at radius 2 is 2.11 bits per heavy atom. The van der Waals surface area contributed by atoms with Crippen molar-refractivity contribution in [3.63, 3.8) is 0 Å². The zero-order valence-corrected chi connectivity index (χ0v) is 11.9. The Morgan fingerprint density at radius 1 is 1.37 bits per heavy atom. The first-order valence-corrected chi connectivity index (χ1v) is 6.80. The number of likely N-dealkylation sites (tertiary alicyclic amines) is 1. The summed E-state index contributed by atoms with van der Waals surface area (Å²) in [5, 5.41) is 0. The fourth-order valence-corrected chi connectivity index (χ4v) is 2.64. The predicted octanol–water partition coefficient (Wildman–Crippen LogP) is 2.51. The number of carbonyl (C=O) groups is 2. The molecule has 0 saturated carbocycles. The largest absolute Gasteiger partial charge is 0.330 e. The summed E-state index contributed by atoms with van der Waals surface area (Å²) in [6.07, 6.45) is 1.70. The third kappa shape index (κ3) is 2.86. The maximum atomic E-state index is 12.2. The van der Waals surface area contributed by atoms with Gasteiger partial charge in [0.1, 0.15) is 0 Å². The van der Waals surface area contributed by atoms with E-state index in [1.165, 1.54) is 11.1 Å². The second-order valence-electron chi connectivity index (χ2n) is 5.77. The van der Waals surface area contributed by atoms with Crippen molar-refractivity contribution in [2.24, 2.45) is 0 Å². The molecule has 0 atom stereocenters. The van der Waals surface area contributed by atoms with Gasteiger partial charge in [-0.3, -0.25) is 9.59 Å². The van der Waals surface area contributed by atoms with Gasteiger partial charge in [0, 0.05) is 19.4 Å². The normalized spacial score (nSPS) is 17.8. The van der Waals surface area contributed by atoms with Gasteiger partial charge in [-0.15, -0.1) is 0 Å². The number of hydrogen-bond donors (Lipinski definition) is 0. The van der Waals surface area contributed by atoms with E-state index in [0.29, 0.717) is 19.4 Å². The Bertz CT molecular complexity index is 505. The average Bonchev–Trinajstić information content (AvgIpc) is 2.61. The summed E-state index contributed by atoms with van der Waals surface area (Å²) in [5.41, 5.74) is 1.77. The van der Waals surface area contributed by atoms with E-state index < -0.39 is 5.54 Å². The molecular formula is C16H21NO2. The van der Waals surface area contributed by atoms with Crippen LogP contribution in [0, 0.1) is 6.92 Å². The van der Waals surface area contributed by atoms with Crippen molar-refractivity contribution in [1.82, 2.24) is 4.90 Å². The maximum absolute atomic E-state index is 12.2. The third-order valence-corrected chi connectivity index (χ3v) is 3.93. The van der Waals surface area contributed by atoms with Crippen molar-refractivity contribution >= 4 is 11.7 Å². The standard InChI is InChI=1S/C16H21NO2/c1-12-5-4-6-13(11-12)7-8-15(19)17-10-9-14(18)16(17,2)3/h4-6,11H,7-10H2,1-3H3. The average molecular weight is 259 g/mol. The van der Waals surface area contributed by atoms with Crippen molar-refractivity contribution in [2.75, 3.05) is 6.54 Å². The van der Waals surface area contributed by atoms with Crippen LogP contribution in [0.25, 0.3) is 0 Å². The second kappa shape index (κ2) is 5.16. The molecule has 0 bridgehead atoms. The van der Waals surface area contributed by atoms with Gasteiger partial charge in [-0.1, -0.05) is 29.8 Å². The molecule has 1 saturated heterocycles. The number of amides is 1. The molecule has 102 valence electrons. The molecule has 1 amide bonds. The van der Waals surface area contributed by atoms with E-state index in [1.807, 2.05) is 39.0 Å². The smallest absolute Gasteiger partial charge is 0.223 e. The summed E-state index contributed by atoms with van der Waals surface area (Å²) < 4.78 is 0. The highest BCUT2D eigenvalue weighted by Gasteiger charge is 2.42. The van der Waals surface area contributed by atoms with Crippen LogP contribution in [0.4, 0.5) is 0 Å². The van der Waals surface area contributed by atoms with Crippen molar-refractivity contribution in [3.05, 3.63) is 35.4 Å². The minimum absolute atomic E-state index is 0.0809. The number of carbonyl (C=O) groups excluding carboxylic acids is 2. The second-order valence-corrected chi connectivity index (χ2v) is 5.77. The summed E-state index contributed by atoms with van der Waals surface area (Å²) in [7, 11) is 0. The minimum atomic E-state index is -0.621. The molecule has 0 spiro atoms. The summed E-state index contributed by atoms with van der Waals surface area (Å²) >= 11 is 0. The Labute approximate surface area is 114 Å². The van der Waals surface area contributed by atoms with Crippen LogP contribution >= 0.6 is 0 Å². The van der Waals surface area contributed by atoms with E-state index in [9.17, 15) is 9.59 Å². The van der Waals surface area contributed by atoms with Gasteiger partial charge in [0.2, 0.25) is 5.91 Å². The number of rotatable bonds is 3. The van der Waals surface area contributed by atoms with Crippen LogP contribution in [0.5, 0.6) is 0 Å². The minimum Gasteiger partial charge on any atom is -0.330 e. The highest BCUT2D eigenvalue weighted by Crippen LogP contribution is 2.26. The van der Waals surface area contributed by atoms with Crippen molar-refractivity contribution in [3.8, 4) is 0 Å². The van der Waals surface area contributed by atoms with Crippen LogP contribution in [-0.4, -0.2) is 28.7 Å². The Morgan fingerprint density at radius 3 is 2.68 bits per heavy atom. The molecule has 1 aliphatic rings. The number of ketones is 1.